The van der Waals surface area contributed by atoms with Crippen molar-refractivity contribution in [2.45, 2.75) is 13.3 Å². The molecule has 1 heterocycles. The van der Waals surface area contributed by atoms with Crippen LogP contribution in [-0.2, 0) is 20.7 Å². The second-order valence-corrected chi connectivity index (χ2v) is 4.86. The van der Waals surface area contributed by atoms with E-state index in [0.29, 0.717) is 6.42 Å². The highest BCUT2D eigenvalue weighted by Crippen LogP contribution is 2.20. The molecule has 0 N–H and O–H groups in total. The van der Waals surface area contributed by atoms with Crippen LogP contribution >= 0.6 is 0 Å². The van der Waals surface area contributed by atoms with Gasteiger partial charge in [-0.25, -0.2) is 0 Å². The number of hydrogen-bond donors (Lipinski definition) is 0. The van der Waals surface area contributed by atoms with Gasteiger partial charge in [0.25, 0.3) is 0 Å². The van der Waals surface area contributed by atoms with Gasteiger partial charge in [0.05, 0.1) is 19.6 Å². The monoisotopic (exact) mass is 275 g/mol. The van der Waals surface area contributed by atoms with Gasteiger partial charge in [0.1, 0.15) is 6.61 Å². The molecular weight excluding hydrogens is 254 g/mol. The molecule has 0 atom stereocenters. The molecule has 1 aliphatic rings. The highest BCUT2D eigenvalue weighted by atomic mass is 16.5. The Bertz CT molecular complexity index is 479. The lowest BCUT2D eigenvalue weighted by Crippen LogP contribution is -2.36. The third-order valence-electron chi connectivity index (χ3n) is 3.40. The maximum Gasteiger partial charge on any atom is 0.310 e. The number of anilines is 1. The summed E-state index contributed by atoms with van der Waals surface area (Å²) in [4.78, 5) is 13.9. The number of benzene rings is 1. The van der Waals surface area contributed by atoms with Crippen LogP contribution in [-0.4, -0.2) is 38.9 Å². The van der Waals surface area contributed by atoms with Crippen molar-refractivity contribution in [1.82, 2.24) is 0 Å². The van der Waals surface area contributed by atoms with Crippen molar-refractivity contribution in [3.05, 3.63) is 42.0 Å². The van der Waals surface area contributed by atoms with E-state index in [1.54, 1.807) is 6.08 Å². The van der Waals surface area contributed by atoms with Crippen LogP contribution < -0.4 is 4.90 Å². The van der Waals surface area contributed by atoms with Gasteiger partial charge in [-0.1, -0.05) is 18.7 Å². The van der Waals surface area contributed by atoms with Crippen molar-refractivity contribution in [1.29, 1.82) is 0 Å². The molecule has 4 heteroatoms. The molecule has 2 rings (SSSR count). The zero-order chi connectivity index (χ0) is 14.4. The van der Waals surface area contributed by atoms with E-state index in [0.717, 1.165) is 37.4 Å². The Hall–Kier alpha value is -1.81. The SMILES string of the molecule is C=CCOC(=O)Cc1ccc(N2CCOCC2)cc1C. The Labute approximate surface area is 120 Å². The van der Waals surface area contributed by atoms with Crippen molar-refractivity contribution in [2.75, 3.05) is 37.8 Å². The van der Waals surface area contributed by atoms with Crippen molar-refractivity contribution in [2.24, 2.45) is 0 Å². The molecule has 1 aliphatic heterocycles. The third kappa shape index (κ3) is 3.84. The molecule has 1 aromatic rings. The molecule has 0 aromatic heterocycles. The van der Waals surface area contributed by atoms with Crippen LogP contribution in [0.4, 0.5) is 5.69 Å². The van der Waals surface area contributed by atoms with Gasteiger partial charge in [0, 0.05) is 18.8 Å². The lowest BCUT2D eigenvalue weighted by atomic mass is 10.0. The average molecular weight is 275 g/mol. The first kappa shape index (κ1) is 14.6. The Kier molecular flexibility index (Phi) is 5.18. The average Bonchev–Trinajstić information content (AvgIpc) is 2.48. The molecule has 1 aromatic carbocycles. The number of rotatable bonds is 5. The summed E-state index contributed by atoms with van der Waals surface area (Å²) in [6.07, 6.45) is 1.88. The van der Waals surface area contributed by atoms with Crippen LogP contribution in [0.3, 0.4) is 0 Å². The quantitative estimate of drug-likeness (QED) is 0.609. The number of aryl methyl sites for hydroxylation is 1. The maximum atomic E-state index is 11.6. The summed E-state index contributed by atoms with van der Waals surface area (Å²) in [6, 6.07) is 6.20. The van der Waals surface area contributed by atoms with Crippen LogP contribution in [0.25, 0.3) is 0 Å². The zero-order valence-corrected chi connectivity index (χ0v) is 11.9. The number of nitrogens with zero attached hydrogens (tertiary/aromatic N) is 1. The molecule has 1 saturated heterocycles. The summed E-state index contributed by atoms with van der Waals surface area (Å²) in [5, 5.41) is 0. The molecule has 0 aliphatic carbocycles. The Morgan fingerprint density at radius 1 is 1.45 bits per heavy atom. The Morgan fingerprint density at radius 2 is 2.20 bits per heavy atom. The van der Waals surface area contributed by atoms with Gasteiger partial charge >= 0.3 is 5.97 Å². The first-order chi connectivity index (χ1) is 9.70. The van der Waals surface area contributed by atoms with Crippen LogP contribution in [0.15, 0.2) is 30.9 Å². The molecule has 0 unspecified atom stereocenters. The van der Waals surface area contributed by atoms with Crippen LogP contribution in [0.5, 0.6) is 0 Å². The predicted molar refractivity (Wildman–Crippen MR) is 79.1 cm³/mol. The van der Waals surface area contributed by atoms with Crippen molar-refractivity contribution >= 4 is 11.7 Å². The maximum absolute atomic E-state index is 11.6. The van der Waals surface area contributed by atoms with Crippen LogP contribution in [0.1, 0.15) is 11.1 Å². The molecule has 4 nitrogen and oxygen atoms in total. The standard InChI is InChI=1S/C16H21NO3/c1-3-8-20-16(18)12-14-4-5-15(11-13(14)2)17-6-9-19-10-7-17/h3-5,11H,1,6-10,12H2,2H3. The van der Waals surface area contributed by atoms with Gasteiger partial charge in [0.15, 0.2) is 0 Å². The van der Waals surface area contributed by atoms with Crippen molar-refractivity contribution in [3.8, 4) is 0 Å². The first-order valence-electron chi connectivity index (χ1n) is 6.89. The van der Waals surface area contributed by atoms with E-state index < -0.39 is 0 Å². The molecule has 108 valence electrons. The summed E-state index contributed by atoms with van der Waals surface area (Å²) in [5.41, 5.74) is 3.31. The molecule has 0 bridgehead atoms. The number of carbonyl (C=O) groups excluding carboxylic acids is 1. The van der Waals surface area contributed by atoms with E-state index in [1.807, 2.05) is 13.0 Å². The Balaban J connectivity index is 2.01. The zero-order valence-electron chi connectivity index (χ0n) is 11.9. The minimum atomic E-state index is -0.216. The molecule has 0 spiro atoms. The summed E-state index contributed by atoms with van der Waals surface area (Å²) >= 11 is 0. The van der Waals surface area contributed by atoms with Gasteiger partial charge < -0.3 is 14.4 Å². The fourth-order valence-corrected chi connectivity index (χ4v) is 2.26. The number of hydrogen-bond acceptors (Lipinski definition) is 4. The fourth-order valence-electron chi connectivity index (χ4n) is 2.26. The van der Waals surface area contributed by atoms with E-state index in [1.165, 1.54) is 5.69 Å². The number of morpholine rings is 1. The van der Waals surface area contributed by atoms with E-state index in [2.05, 4.69) is 23.6 Å². The van der Waals surface area contributed by atoms with Gasteiger partial charge in [-0.3, -0.25) is 4.79 Å². The number of carbonyl (C=O) groups is 1. The first-order valence-corrected chi connectivity index (χ1v) is 6.89. The second-order valence-electron chi connectivity index (χ2n) is 4.86. The highest BCUT2D eigenvalue weighted by Gasteiger charge is 2.13. The second kappa shape index (κ2) is 7.10. The van der Waals surface area contributed by atoms with Gasteiger partial charge in [-0.2, -0.15) is 0 Å². The molecule has 1 fully saturated rings. The normalized spacial score (nSPS) is 14.9. The topological polar surface area (TPSA) is 38.8 Å². The summed E-state index contributed by atoms with van der Waals surface area (Å²) < 4.78 is 10.4. The van der Waals surface area contributed by atoms with E-state index in [-0.39, 0.29) is 12.6 Å². The molecule has 0 amide bonds. The lowest BCUT2D eigenvalue weighted by Gasteiger charge is -2.29. The van der Waals surface area contributed by atoms with Gasteiger partial charge in [-0.15, -0.1) is 0 Å². The molecular formula is C16H21NO3. The Morgan fingerprint density at radius 3 is 2.85 bits per heavy atom. The molecule has 0 saturated carbocycles. The molecule has 20 heavy (non-hydrogen) atoms. The minimum absolute atomic E-state index is 0.216. The van der Waals surface area contributed by atoms with Crippen molar-refractivity contribution < 1.29 is 14.3 Å². The largest absolute Gasteiger partial charge is 0.461 e. The smallest absolute Gasteiger partial charge is 0.310 e. The summed E-state index contributed by atoms with van der Waals surface area (Å²) in [6.45, 7) is 9.20. The molecule has 0 radical (unpaired) electrons. The van der Waals surface area contributed by atoms with Crippen LogP contribution in [0, 0.1) is 6.92 Å². The van der Waals surface area contributed by atoms with Crippen molar-refractivity contribution in [3.63, 3.8) is 0 Å². The summed E-state index contributed by atoms with van der Waals surface area (Å²) in [7, 11) is 0. The van der Waals surface area contributed by atoms with Crippen LogP contribution in [0.2, 0.25) is 0 Å². The third-order valence-corrected chi connectivity index (χ3v) is 3.40. The highest BCUT2D eigenvalue weighted by molar-refractivity contribution is 5.73. The lowest BCUT2D eigenvalue weighted by molar-refractivity contribution is -0.141. The number of ether oxygens (including phenoxy) is 2. The summed E-state index contributed by atoms with van der Waals surface area (Å²) in [5.74, 6) is -0.216. The van der Waals surface area contributed by atoms with Gasteiger partial charge in [-0.05, 0) is 30.2 Å². The number of esters is 1. The predicted octanol–water partition coefficient (Wildman–Crippen LogP) is 2.10. The van der Waals surface area contributed by atoms with Gasteiger partial charge in [0.2, 0.25) is 0 Å². The minimum Gasteiger partial charge on any atom is -0.461 e. The fraction of sp³-hybridized carbons (Fsp3) is 0.438. The van der Waals surface area contributed by atoms with E-state index in [9.17, 15) is 4.79 Å². The van der Waals surface area contributed by atoms with E-state index in [4.69, 9.17) is 9.47 Å². The van der Waals surface area contributed by atoms with E-state index >= 15 is 0 Å².